The zero-order chi connectivity index (χ0) is 22.3. The van der Waals surface area contributed by atoms with Crippen LogP contribution in [0, 0.1) is 5.41 Å². The van der Waals surface area contributed by atoms with Crippen molar-refractivity contribution < 1.29 is 14.3 Å². The molecular formula is C23H39IN4O3. The van der Waals surface area contributed by atoms with Crippen LogP contribution in [0.3, 0.4) is 0 Å². The smallest absolute Gasteiger partial charge is 0.254 e. The van der Waals surface area contributed by atoms with Gasteiger partial charge in [-0.15, -0.1) is 24.0 Å². The van der Waals surface area contributed by atoms with E-state index in [0.29, 0.717) is 31.7 Å². The number of hydrogen-bond acceptors (Lipinski definition) is 4. The van der Waals surface area contributed by atoms with Gasteiger partial charge in [0.2, 0.25) is 0 Å². The minimum atomic E-state index is 0. The van der Waals surface area contributed by atoms with Crippen LogP contribution in [0.5, 0.6) is 0 Å². The summed E-state index contributed by atoms with van der Waals surface area (Å²) in [6.07, 6.45) is 0.208. The summed E-state index contributed by atoms with van der Waals surface area (Å²) in [4.78, 5) is 18.9. The van der Waals surface area contributed by atoms with Gasteiger partial charge in [-0.3, -0.25) is 9.79 Å². The number of amides is 1. The highest BCUT2D eigenvalue weighted by Crippen LogP contribution is 2.21. The number of methoxy groups -OCH3 is 1. The molecule has 0 aliphatic carbocycles. The quantitative estimate of drug-likeness (QED) is 0.326. The Balaban J connectivity index is 0.00000480. The van der Waals surface area contributed by atoms with Crippen LogP contribution in [-0.2, 0) is 16.0 Å². The van der Waals surface area contributed by atoms with Crippen LogP contribution in [0.25, 0.3) is 0 Å². The van der Waals surface area contributed by atoms with Crippen LogP contribution in [0.1, 0.15) is 50.5 Å². The van der Waals surface area contributed by atoms with Gasteiger partial charge in [-0.2, -0.15) is 0 Å². The Morgan fingerprint density at radius 2 is 1.77 bits per heavy atom. The van der Waals surface area contributed by atoms with Crippen molar-refractivity contribution in [2.45, 2.75) is 59.5 Å². The maximum Gasteiger partial charge on any atom is 0.254 e. The number of hydrogen-bond donors (Lipinski definition) is 2. The Hall–Kier alpha value is -1.39. The van der Waals surface area contributed by atoms with E-state index in [0.717, 1.165) is 11.5 Å². The van der Waals surface area contributed by atoms with Gasteiger partial charge in [0, 0.05) is 45.9 Å². The fourth-order valence-corrected chi connectivity index (χ4v) is 3.63. The van der Waals surface area contributed by atoms with Gasteiger partial charge in [0.15, 0.2) is 5.96 Å². The van der Waals surface area contributed by atoms with E-state index in [4.69, 9.17) is 9.47 Å². The highest BCUT2D eigenvalue weighted by atomic mass is 127. The fraction of sp³-hybridized carbons (Fsp3) is 0.652. The van der Waals surface area contributed by atoms with E-state index in [-0.39, 0.29) is 53.6 Å². The topological polar surface area (TPSA) is 75.2 Å². The first-order valence-corrected chi connectivity index (χ1v) is 10.6. The molecule has 7 nitrogen and oxygen atoms in total. The third-order valence-corrected chi connectivity index (χ3v) is 5.30. The van der Waals surface area contributed by atoms with Crippen molar-refractivity contribution in [3.05, 3.63) is 35.4 Å². The minimum absolute atomic E-state index is 0. The average Bonchev–Trinajstić information content (AvgIpc) is 2.69. The molecule has 0 radical (unpaired) electrons. The molecule has 1 amide bonds. The number of halogens is 1. The molecule has 0 aromatic heterocycles. The summed E-state index contributed by atoms with van der Waals surface area (Å²) in [5.74, 6) is 0.777. The lowest BCUT2D eigenvalue weighted by Gasteiger charge is -2.35. The molecule has 176 valence electrons. The summed E-state index contributed by atoms with van der Waals surface area (Å²) in [6, 6.07) is 7.74. The lowest BCUT2D eigenvalue weighted by molar-refractivity contribution is -0.0586. The first kappa shape index (κ1) is 27.6. The Kier molecular flexibility index (Phi) is 11.2. The van der Waals surface area contributed by atoms with Crippen LogP contribution >= 0.6 is 24.0 Å². The van der Waals surface area contributed by atoms with Crippen molar-refractivity contribution in [1.29, 1.82) is 0 Å². The predicted molar refractivity (Wildman–Crippen MR) is 136 cm³/mol. The number of rotatable bonds is 6. The number of aliphatic imine (C=N–C) groups is 1. The second-order valence-electron chi connectivity index (χ2n) is 9.06. The Bertz CT molecular complexity index is 709. The maximum absolute atomic E-state index is 12.8. The molecule has 2 rings (SSSR count). The van der Waals surface area contributed by atoms with Crippen molar-refractivity contribution in [2.75, 3.05) is 33.8 Å². The van der Waals surface area contributed by atoms with Crippen molar-refractivity contribution in [3.8, 4) is 0 Å². The van der Waals surface area contributed by atoms with E-state index in [1.165, 1.54) is 0 Å². The number of guanidine groups is 1. The molecule has 0 bridgehead atoms. The second-order valence-corrected chi connectivity index (χ2v) is 9.06. The van der Waals surface area contributed by atoms with Crippen molar-refractivity contribution in [1.82, 2.24) is 15.5 Å². The van der Waals surface area contributed by atoms with Crippen molar-refractivity contribution in [3.63, 3.8) is 0 Å². The van der Waals surface area contributed by atoms with Crippen LogP contribution in [0.4, 0.5) is 0 Å². The molecule has 0 saturated carbocycles. The number of nitrogens with one attached hydrogen (secondary N) is 2. The van der Waals surface area contributed by atoms with Crippen LogP contribution in [0.2, 0.25) is 0 Å². The first-order valence-electron chi connectivity index (χ1n) is 10.6. The van der Waals surface area contributed by atoms with Gasteiger partial charge in [0.05, 0.1) is 18.3 Å². The molecule has 1 saturated heterocycles. The summed E-state index contributed by atoms with van der Waals surface area (Å²) in [6.45, 7) is 13.0. The van der Waals surface area contributed by atoms with Gasteiger partial charge in [-0.25, -0.2) is 0 Å². The minimum Gasteiger partial charge on any atom is -0.379 e. The first-order chi connectivity index (χ1) is 14.1. The molecular weight excluding hydrogens is 507 g/mol. The predicted octanol–water partition coefficient (Wildman–Crippen LogP) is 3.28. The molecule has 0 spiro atoms. The Morgan fingerprint density at radius 3 is 2.26 bits per heavy atom. The zero-order valence-corrected chi connectivity index (χ0v) is 22.2. The van der Waals surface area contributed by atoms with E-state index >= 15 is 0 Å². The van der Waals surface area contributed by atoms with Crippen LogP contribution in [-0.4, -0.2) is 68.9 Å². The highest BCUT2D eigenvalue weighted by molar-refractivity contribution is 14.0. The molecule has 1 aromatic carbocycles. The van der Waals surface area contributed by atoms with Crippen LogP contribution in [0.15, 0.2) is 29.3 Å². The van der Waals surface area contributed by atoms with Crippen molar-refractivity contribution in [2.24, 2.45) is 10.4 Å². The van der Waals surface area contributed by atoms with Gasteiger partial charge >= 0.3 is 0 Å². The highest BCUT2D eigenvalue weighted by Gasteiger charge is 2.26. The summed E-state index contributed by atoms with van der Waals surface area (Å²) in [7, 11) is 3.48. The summed E-state index contributed by atoms with van der Waals surface area (Å²) < 4.78 is 11.3. The molecule has 3 atom stereocenters. The maximum atomic E-state index is 12.8. The van der Waals surface area contributed by atoms with Crippen molar-refractivity contribution >= 4 is 35.8 Å². The SMILES string of the molecule is CN=C(NCc1ccc(C(=O)N2CC(C)OC(C)C2)cc1)NCC(OC)C(C)(C)C.I. The van der Waals surface area contributed by atoms with E-state index < -0.39 is 0 Å². The number of nitrogens with zero attached hydrogens (tertiary/aromatic N) is 2. The van der Waals surface area contributed by atoms with Gasteiger partial charge in [-0.05, 0) is 37.0 Å². The molecule has 31 heavy (non-hydrogen) atoms. The largest absolute Gasteiger partial charge is 0.379 e. The second kappa shape index (κ2) is 12.6. The van der Waals surface area contributed by atoms with Gasteiger partial charge < -0.3 is 25.0 Å². The van der Waals surface area contributed by atoms with E-state index in [9.17, 15) is 4.79 Å². The molecule has 1 aromatic rings. The molecule has 1 heterocycles. The molecule has 2 N–H and O–H groups in total. The molecule has 1 aliphatic heterocycles. The molecule has 8 heteroatoms. The zero-order valence-electron chi connectivity index (χ0n) is 19.9. The monoisotopic (exact) mass is 546 g/mol. The normalized spacial score (nSPS) is 20.6. The van der Waals surface area contributed by atoms with Gasteiger partial charge in [0.1, 0.15) is 0 Å². The number of ether oxygens (including phenoxy) is 2. The Morgan fingerprint density at radius 1 is 1.19 bits per heavy atom. The lowest BCUT2D eigenvalue weighted by atomic mass is 9.89. The molecule has 1 aliphatic rings. The van der Waals surface area contributed by atoms with Gasteiger partial charge in [0.25, 0.3) is 5.91 Å². The van der Waals surface area contributed by atoms with E-state index in [1.54, 1.807) is 14.2 Å². The summed E-state index contributed by atoms with van der Waals surface area (Å²) in [5.41, 5.74) is 1.83. The average molecular weight is 546 g/mol. The molecule has 3 unspecified atom stereocenters. The third kappa shape index (κ3) is 8.57. The fourth-order valence-electron chi connectivity index (χ4n) is 3.63. The van der Waals surface area contributed by atoms with Crippen LogP contribution < -0.4 is 10.6 Å². The number of morpholine rings is 1. The van der Waals surface area contributed by atoms with E-state index in [1.807, 2.05) is 43.0 Å². The third-order valence-electron chi connectivity index (χ3n) is 5.30. The van der Waals surface area contributed by atoms with Gasteiger partial charge in [-0.1, -0.05) is 32.9 Å². The number of carbonyl (C=O) groups is 1. The summed E-state index contributed by atoms with van der Waals surface area (Å²) >= 11 is 0. The van der Waals surface area contributed by atoms with E-state index in [2.05, 4.69) is 36.4 Å². The standard InChI is InChI=1S/C23H38N4O3.HI/c1-16-14-27(15-17(2)30-16)21(28)19-10-8-18(9-11-19)12-25-22(24-6)26-13-20(29-7)23(3,4)5;/h8-11,16-17,20H,12-15H2,1-7H3,(H2,24,25,26);1H. The Labute approximate surface area is 204 Å². The number of carbonyl (C=O) groups excluding carboxylic acids is 1. The molecule has 1 fully saturated rings. The summed E-state index contributed by atoms with van der Waals surface area (Å²) in [5, 5.41) is 6.63. The number of benzene rings is 1. The lowest BCUT2D eigenvalue weighted by Crippen LogP contribution is -2.48.